The van der Waals surface area contributed by atoms with Crippen molar-refractivity contribution in [3.05, 3.63) is 139 Å². The van der Waals surface area contributed by atoms with Gasteiger partial charge >= 0.3 is 5.97 Å². The summed E-state index contributed by atoms with van der Waals surface area (Å²) in [7, 11) is 4.34. The lowest BCUT2D eigenvalue weighted by molar-refractivity contribution is -0.907. The van der Waals surface area contributed by atoms with E-state index in [2.05, 4.69) is 37.5 Å². The number of nitrogens with zero attached hydrogens (tertiary/aromatic N) is 5. The van der Waals surface area contributed by atoms with Crippen LogP contribution < -0.4 is 10.6 Å². The molecule has 0 aliphatic carbocycles. The number of esters is 1. The quantitative estimate of drug-likeness (QED) is 0.103. The number of piperazine rings is 1. The molecule has 0 unspecified atom stereocenters. The minimum atomic E-state index is -0.231. The molecule has 0 radical (unpaired) electrons. The number of anilines is 3. The maximum atomic E-state index is 13.1. The highest BCUT2D eigenvalue weighted by molar-refractivity contribution is 6.04. The summed E-state index contributed by atoms with van der Waals surface area (Å²) in [6.45, 7) is 6.28. The number of quaternary nitrogens is 1. The zero-order valence-electron chi connectivity index (χ0n) is 27.0. The highest BCUT2D eigenvalue weighted by Gasteiger charge is 2.25. The van der Waals surface area contributed by atoms with Crippen LogP contribution in [0.5, 0.6) is 0 Å². The van der Waals surface area contributed by atoms with E-state index in [-0.39, 0.29) is 25.0 Å². The van der Waals surface area contributed by atoms with Crippen molar-refractivity contribution in [2.45, 2.75) is 19.9 Å². The van der Waals surface area contributed by atoms with Crippen molar-refractivity contribution in [2.75, 3.05) is 43.5 Å². The first-order valence-corrected chi connectivity index (χ1v) is 16.0. The Morgan fingerprint density at radius 1 is 0.917 bits per heavy atom. The van der Waals surface area contributed by atoms with E-state index in [0.29, 0.717) is 21.7 Å². The van der Waals surface area contributed by atoms with Gasteiger partial charge in [-0.1, -0.05) is 48.5 Å². The van der Waals surface area contributed by atoms with Gasteiger partial charge in [0.15, 0.2) is 0 Å². The molecule has 3 aromatic carbocycles. The van der Waals surface area contributed by atoms with Gasteiger partial charge in [0, 0.05) is 60.7 Å². The molecule has 1 saturated heterocycles. The van der Waals surface area contributed by atoms with Gasteiger partial charge in [-0.15, -0.1) is 7.05 Å². The molecule has 0 atom stereocenters. The Morgan fingerprint density at radius 2 is 1.71 bits per heavy atom. The highest BCUT2D eigenvalue weighted by Crippen LogP contribution is 2.25. The second kappa shape index (κ2) is 15.0. The summed E-state index contributed by atoms with van der Waals surface area (Å²) in [5, 5.41) is 6.29. The van der Waals surface area contributed by atoms with Crippen LogP contribution in [0.15, 0.2) is 110 Å². The number of aromatic nitrogens is 3. The van der Waals surface area contributed by atoms with Crippen molar-refractivity contribution < 1.29 is 18.8 Å². The van der Waals surface area contributed by atoms with E-state index >= 15 is 0 Å². The number of pyridine rings is 1. The van der Waals surface area contributed by atoms with Crippen LogP contribution in [0, 0.1) is 14.0 Å². The first-order valence-electron chi connectivity index (χ1n) is 16.0. The third-order valence-electron chi connectivity index (χ3n) is 8.45. The van der Waals surface area contributed by atoms with Crippen LogP contribution in [0.2, 0.25) is 0 Å². The molecular weight excluding hydrogens is 602 g/mol. The fourth-order valence-electron chi connectivity index (χ4n) is 5.51. The topological polar surface area (TPSA) is 109 Å². The minimum Gasteiger partial charge on any atom is -0.422 e. The Balaban J connectivity index is 0.986. The first kappa shape index (κ1) is 32.5. The third kappa shape index (κ3) is 8.67. The zero-order valence-corrected chi connectivity index (χ0v) is 27.0. The van der Waals surface area contributed by atoms with E-state index in [1.54, 1.807) is 18.6 Å². The monoisotopic (exact) mass is 641 g/mol. The summed E-state index contributed by atoms with van der Waals surface area (Å²) in [5.74, 6) is 0.0327. The Morgan fingerprint density at radius 3 is 2.46 bits per heavy atom. The molecule has 6 rings (SSSR count). The first-order chi connectivity index (χ1) is 23.3. The molecule has 0 bridgehead atoms. The molecule has 1 fully saturated rings. The van der Waals surface area contributed by atoms with Gasteiger partial charge in [-0.3, -0.25) is 19.5 Å². The van der Waals surface area contributed by atoms with E-state index in [1.165, 1.54) is 0 Å². The number of hydrogen-bond donors (Lipinski definition) is 2. The maximum Gasteiger partial charge on any atom is 0.314 e. The van der Waals surface area contributed by atoms with Gasteiger partial charge < -0.3 is 19.9 Å². The van der Waals surface area contributed by atoms with Gasteiger partial charge in [0.05, 0.1) is 25.2 Å². The standard InChI is InChI=1S/C38H39N7O3/c1-28-10-15-33(24-35(28)43-38-40-18-16-34(42-38)32-9-6-17-39-25-32)41-37(47)31-13-11-30(12-14-31)26-44-19-21-45(2,22-20-44)27-48-36(46)23-29-7-4-3-5-8-29/h3-18,24-25H,2,19-23,26-27H2,1H3,(H,41,47)(H,40,42,43). The van der Waals surface area contributed by atoms with Crippen molar-refractivity contribution >= 4 is 29.2 Å². The van der Waals surface area contributed by atoms with Crippen molar-refractivity contribution in [1.29, 1.82) is 0 Å². The predicted molar refractivity (Wildman–Crippen MR) is 186 cm³/mol. The molecule has 2 N–H and O–H groups in total. The fourth-order valence-corrected chi connectivity index (χ4v) is 5.51. The molecule has 1 aliphatic rings. The van der Waals surface area contributed by atoms with Gasteiger partial charge in [0.2, 0.25) is 12.7 Å². The molecule has 0 saturated carbocycles. The number of nitrogens with one attached hydrogen (secondary N) is 2. The van der Waals surface area contributed by atoms with Crippen molar-refractivity contribution in [3.8, 4) is 11.3 Å². The van der Waals surface area contributed by atoms with Crippen LogP contribution >= 0.6 is 0 Å². The third-order valence-corrected chi connectivity index (χ3v) is 8.45. The average molecular weight is 642 g/mol. The molecule has 1 aliphatic heterocycles. The van der Waals surface area contributed by atoms with E-state index < -0.39 is 0 Å². The van der Waals surface area contributed by atoms with E-state index in [0.717, 1.165) is 66.4 Å². The lowest BCUT2D eigenvalue weighted by atomic mass is 10.1. The summed E-state index contributed by atoms with van der Waals surface area (Å²) in [6.07, 6.45) is 5.45. The average Bonchev–Trinajstić information content (AvgIpc) is 3.11. The van der Waals surface area contributed by atoms with Gasteiger partial charge in [0.25, 0.3) is 5.91 Å². The maximum absolute atomic E-state index is 13.1. The summed E-state index contributed by atoms with van der Waals surface area (Å²) in [5.41, 5.74) is 6.75. The largest absolute Gasteiger partial charge is 0.422 e. The molecule has 3 heterocycles. The second-order valence-corrected chi connectivity index (χ2v) is 12.2. The Kier molecular flexibility index (Phi) is 10.1. The normalized spacial score (nSPS) is 14.2. The Hall–Kier alpha value is -5.45. The Bertz CT molecular complexity index is 1840. The fraction of sp³-hybridized carbons (Fsp3) is 0.211. The molecule has 10 nitrogen and oxygen atoms in total. The number of carbonyl (C=O) groups excluding carboxylic acids is 2. The molecular formula is C38H39N7O3. The van der Waals surface area contributed by atoms with Gasteiger partial charge in [0.1, 0.15) is 0 Å². The summed E-state index contributed by atoms with van der Waals surface area (Å²) < 4.78 is 6.04. The van der Waals surface area contributed by atoms with Crippen LogP contribution in [-0.2, 0) is 22.5 Å². The number of hydrogen-bond acceptors (Lipinski definition) is 8. The lowest BCUT2D eigenvalue weighted by Gasteiger charge is -2.47. The molecule has 5 aromatic rings. The lowest BCUT2D eigenvalue weighted by Crippen LogP contribution is -2.56. The SMILES string of the molecule is [CH2-][N+]1(COC(=O)Cc2ccccc2)CCN(Cc2ccc(C(=O)Nc3ccc(C)c(Nc4nccc(-c5cccnc5)n4)c3)cc2)CC1. The van der Waals surface area contributed by atoms with Crippen LogP contribution in [0.4, 0.5) is 17.3 Å². The molecule has 244 valence electrons. The van der Waals surface area contributed by atoms with Crippen molar-refractivity contribution in [1.82, 2.24) is 19.9 Å². The van der Waals surface area contributed by atoms with Crippen LogP contribution in [-0.4, -0.2) is 69.1 Å². The summed E-state index contributed by atoms with van der Waals surface area (Å²) in [6, 6.07) is 28.7. The molecule has 1 amide bonds. The summed E-state index contributed by atoms with van der Waals surface area (Å²) >= 11 is 0. The van der Waals surface area contributed by atoms with Gasteiger partial charge in [-0.05, 0) is 66.1 Å². The summed E-state index contributed by atoms with van der Waals surface area (Å²) in [4.78, 5) is 41.0. The smallest absolute Gasteiger partial charge is 0.314 e. The molecule has 48 heavy (non-hydrogen) atoms. The van der Waals surface area contributed by atoms with E-state index in [4.69, 9.17) is 4.74 Å². The minimum absolute atomic E-state index is 0.190. The number of ether oxygens (including phenoxy) is 1. The zero-order chi connectivity index (χ0) is 33.3. The number of amides is 1. The molecule has 0 spiro atoms. The van der Waals surface area contributed by atoms with Crippen LogP contribution in [0.1, 0.15) is 27.0 Å². The molecule has 10 heteroatoms. The number of carbonyl (C=O) groups is 2. The van der Waals surface area contributed by atoms with Crippen molar-refractivity contribution in [2.24, 2.45) is 0 Å². The van der Waals surface area contributed by atoms with Gasteiger partial charge in [-0.25, -0.2) is 9.97 Å². The van der Waals surface area contributed by atoms with Crippen LogP contribution in [0.25, 0.3) is 11.3 Å². The van der Waals surface area contributed by atoms with Gasteiger partial charge in [-0.2, -0.15) is 0 Å². The predicted octanol–water partition coefficient (Wildman–Crippen LogP) is 6.01. The van der Waals surface area contributed by atoms with Crippen molar-refractivity contribution in [3.63, 3.8) is 0 Å². The van der Waals surface area contributed by atoms with E-state index in [9.17, 15) is 9.59 Å². The second-order valence-electron chi connectivity index (χ2n) is 12.2. The Labute approximate surface area is 281 Å². The number of aryl methyl sites for hydroxylation is 1. The highest BCUT2D eigenvalue weighted by atomic mass is 16.5. The molecule has 2 aromatic heterocycles. The number of benzene rings is 3. The number of rotatable bonds is 11. The van der Waals surface area contributed by atoms with Crippen LogP contribution in [0.3, 0.4) is 0 Å². The van der Waals surface area contributed by atoms with E-state index in [1.807, 2.05) is 97.9 Å².